The standard InChI is InChI=1S/C14H20N2O4/c1-10(2)9-15-13(18)11-5-3-4-6-12(11)16-14(19)20-8-7-17/h3-6,10,17H,7-9H2,1-2H3,(H,15,18)(H,16,19). The van der Waals surface area contributed by atoms with E-state index in [4.69, 9.17) is 9.84 Å². The van der Waals surface area contributed by atoms with Gasteiger partial charge in [-0.15, -0.1) is 0 Å². The summed E-state index contributed by atoms with van der Waals surface area (Å²) < 4.78 is 4.70. The third kappa shape index (κ3) is 5.27. The number of carbonyl (C=O) groups is 2. The molecule has 0 unspecified atom stereocenters. The summed E-state index contributed by atoms with van der Waals surface area (Å²) >= 11 is 0. The van der Waals surface area contributed by atoms with Gasteiger partial charge in [-0.2, -0.15) is 0 Å². The Labute approximate surface area is 118 Å². The molecule has 2 amide bonds. The SMILES string of the molecule is CC(C)CNC(=O)c1ccccc1NC(=O)OCCO. The van der Waals surface area contributed by atoms with E-state index in [9.17, 15) is 9.59 Å². The van der Waals surface area contributed by atoms with Gasteiger partial charge in [-0.25, -0.2) is 4.79 Å². The lowest BCUT2D eigenvalue weighted by atomic mass is 10.1. The van der Waals surface area contributed by atoms with Crippen LogP contribution in [0.5, 0.6) is 0 Å². The zero-order chi connectivity index (χ0) is 15.0. The number of amides is 2. The van der Waals surface area contributed by atoms with Crippen molar-refractivity contribution in [2.24, 2.45) is 5.92 Å². The monoisotopic (exact) mass is 280 g/mol. The average Bonchev–Trinajstić information content (AvgIpc) is 2.43. The highest BCUT2D eigenvalue weighted by Crippen LogP contribution is 2.15. The van der Waals surface area contributed by atoms with Gasteiger partial charge in [0.05, 0.1) is 17.9 Å². The Kier molecular flexibility index (Phi) is 6.52. The fraction of sp³-hybridized carbons (Fsp3) is 0.429. The first kappa shape index (κ1) is 16.0. The van der Waals surface area contributed by atoms with E-state index >= 15 is 0 Å². The summed E-state index contributed by atoms with van der Waals surface area (Å²) in [5.41, 5.74) is 0.741. The summed E-state index contributed by atoms with van der Waals surface area (Å²) in [5, 5.41) is 13.8. The van der Waals surface area contributed by atoms with E-state index in [-0.39, 0.29) is 19.1 Å². The highest BCUT2D eigenvalue weighted by Gasteiger charge is 2.13. The van der Waals surface area contributed by atoms with E-state index in [1.54, 1.807) is 24.3 Å². The third-order valence-corrected chi connectivity index (χ3v) is 2.40. The molecule has 1 aromatic carbocycles. The summed E-state index contributed by atoms with van der Waals surface area (Å²) in [7, 11) is 0. The minimum absolute atomic E-state index is 0.0897. The van der Waals surface area contributed by atoms with Crippen molar-refractivity contribution in [2.45, 2.75) is 13.8 Å². The molecule has 20 heavy (non-hydrogen) atoms. The summed E-state index contributed by atoms with van der Waals surface area (Å²) in [6.45, 7) is 4.22. The van der Waals surface area contributed by atoms with Crippen LogP contribution in [0.4, 0.5) is 10.5 Å². The van der Waals surface area contributed by atoms with Crippen LogP contribution in [-0.2, 0) is 4.74 Å². The lowest BCUT2D eigenvalue weighted by Crippen LogP contribution is -2.28. The lowest BCUT2D eigenvalue weighted by molar-refractivity contribution is 0.0950. The minimum Gasteiger partial charge on any atom is -0.447 e. The smallest absolute Gasteiger partial charge is 0.411 e. The normalized spacial score (nSPS) is 10.2. The number of anilines is 1. The number of rotatable bonds is 6. The molecule has 0 bridgehead atoms. The molecular formula is C14H20N2O4. The van der Waals surface area contributed by atoms with Crippen LogP contribution in [0, 0.1) is 5.92 Å². The molecule has 0 saturated carbocycles. The van der Waals surface area contributed by atoms with Crippen LogP contribution in [0.2, 0.25) is 0 Å². The van der Waals surface area contributed by atoms with Crippen molar-refractivity contribution in [2.75, 3.05) is 25.1 Å². The first-order chi connectivity index (χ1) is 9.54. The van der Waals surface area contributed by atoms with Crippen LogP contribution in [0.15, 0.2) is 24.3 Å². The van der Waals surface area contributed by atoms with E-state index in [0.29, 0.717) is 23.7 Å². The van der Waals surface area contributed by atoms with Gasteiger partial charge >= 0.3 is 6.09 Å². The number of carbonyl (C=O) groups excluding carboxylic acids is 2. The van der Waals surface area contributed by atoms with Crippen LogP contribution >= 0.6 is 0 Å². The molecule has 0 aliphatic carbocycles. The van der Waals surface area contributed by atoms with Crippen molar-refractivity contribution in [1.29, 1.82) is 0 Å². The molecular weight excluding hydrogens is 260 g/mol. The predicted octanol–water partition coefficient (Wildman–Crippen LogP) is 1.61. The Morgan fingerprint density at radius 3 is 2.65 bits per heavy atom. The summed E-state index contributed by atoms with van der Waals surface area (Å²) in [6.07, 6.45) is -0.705. The number of ether oxygens (including phenoxy) is 1. The molecule has 3 N–H and O–H groups in total. The second-order valence-corrected chi connectivity index (χ2v) is 4.63. The number of benzene rings is 1. The van der Waals surface area contributed by atoms with Gasteiger partial charge < -0.3 is 15.2 Å². The molecule has 0 aliphatic rings. The van der Waals surface area contributed by atoms with E-state index in [2.05, 4.69) is 10.6 Å². The highest BCUT2D eigenvalue weighted by atomic mass is 16.6. The van der Waals surface area contributed by atoms with E-state index in [1.807, 2.05) is 13.8 Å². The molecule has 0 radical (unpaired) electrons. The second-order valence-electron chi connectivity index (χ2n) is 4.63. The Bertz CT molecular complexity index is 460. The lowest BCUT2D eigenvalue weighted by Gasteiger charge is -2.12. The fourth-order valence-electron chi connectivity index (χ4n) is 1.47. The number of para-hydroxylation sites is 1. The Hall–Kier alpha value is -2.08. The van der Waals surface area contributed by atoms with E-state index in [1.165, 1.54) is 0 Å². The number of hydrogen-bond donors (Lipinski definition) is 3. The van der Waals surface area contributed by atoms with E-state index in [0.717, 1.165) is 0 Å². The maximum atomic E-state index is 12.0. The van der Waals surface area contributed by atoms with Crippen molar-refractivity contribution in [3.05, 3.63) is 29.8 Å². The number of aliphatic hydroxyl groups excluding tert-OH is 1. The minimum atomic E-state index is -0.705. The fourth-order valence-corrected chi connectivity index (χ4v) is 1.47. The maximum Gasteiger partial charge on any atom is 0.411 e. The first-order valence-corrected chi connectivity index (χ1v) is 6.46. The maximum absolute atomic E-state index is 12.0. The van der Waals surface area contributed by atoms with Gasteiger partial charge in [0.2, 0.25) is 0 Å². The predicted molar refractivity (Wildman–Crippen MR) is 75.7 cm³/mol. The van der Waals surface area contributed by atoms with Gasteiger partial charge in [-0.05, 0) is 18.1 Å². The van der Waals surface area contributed by atoms with Gasteiger partial charge in [0.25, 0.3) is 5.91 Å². The van der Waals surface area contributed by atoms with Crippen molar-refractivity contribution in [3.63, 3.8) is 0 Å². The highest BCUT2D eigenvalue weighted by molar-refractivity contribution is 6.02. The van der Waals surface area contributed by atoms with Crippen LogP contribution < -0.4 is 10.6 Å². The Morgan fingerprint density at radius 2 is 2.00 bits per heavy atom. The van der Waals surface area contributed by atoms with Gasteiger partial charge in [0.15, 0.2) is 0 Å². The zero-order valence-electron chi connectivity index (χ0n) is 11.7. The number of aliphatic hydroxyl groups is 1. The van der Waals surface area contributed by atoms with Gasteiger partial charge in [-0.3, -0.25) is 10.1 Å². The second kappa shape index (κ2) is 8.16. The summed E-state index contributed by atoms with van der Waals surface area (Å²) in [6, 6.07) is 6.66. The van der Waals surface area contributed by atoms with Gasteiger partial charge in [-0.1, -0.05) is 26.0 Å². The van der Waals surface area contributed by atoms with E-state index < -0.39 is 6.09 Å². The van der Waals surface area contributed by atoms with Crippen molar-refractivity contribution in [3.8, 4) is 0 Å². The van der Waals surface area contributed by atoms with Crippen LogP contribution in [0.25, 0.3) is 0 Å². The molecule has 0 saturated heterocycles. The first-order valence-electron chi connectivity index (χ1n) is 6.46. The zero-order valence-corrected chi connectivity index (χ0v) is 11.7. The molecule has 0 aliphatic heterocycles. The molecule has 6 nitrogen and oxygen atoms in total. The molecule has 1 aromatic rings. The summed E-state index contributed by atoms with van der Waals surface area (Å²) in [5.74, 6) is 0.0883. The number of nitrogens with one attached hydrogen (secondary N) is 2. The molecule has 0 spiro atoms. The molecule has 1 rings (SSSR count). The quantitative estimate of drug-likeness (QED) is 0.738. The largest absolute Gasteiger partial charge is 0.447 e. The molecule has 6 heteroatoms. The average molecular weight is 280 g/mol. The molecule has 0 aromatic heterocycles. The number of hydrogen-bond acceptors (Lipinski definition) is 4. The molecule has 0 fully saturated rings. The molecule has 0 atom stereocenters. The molecule has 0 heterocycles. The van der Waals surface area contributed by atoms with Crippen LogP contribution in [0.1, 0.15) is 24.2 Å². The topological polar surface area (TPSA) is 87.7 Å². The van der Waals surface area contributed by atoms with Crippen molar-refractivity contribution < 1.29 is 19.4 Å². The third-order valence-electron chi connectivity index (χ3n) is 2.40. The van der Waals surface area contributed by atoms with Gasteiger partial charge in [0.1, 0.15) is 6.61 Å². The van der Waals surface area contributed by atoms with Crippen molar-refractivity contribution in [1.82, 2.24) is 5.32 Å². The van der Waals surface area contributed by atoms with Gasteiger partial charge in [0, 0.05) is 6.54 Å². The Morgan fingerprint density at radius 1 is 1.30 bits per heavy atom. The summed E-state index contributed by atoms with van der Waals surface area (Å²) in [4.78, 5) is 23.5. The Balaban J connectivity index is 2.72. The van der Waals surface area contributed by atoms with Crippen LogP contribution in [0.3, 0.4) is 0 Å². The molecule has 110 valence electrons. The van der Waals surface area contributed by atoms with Crippen LogP contribution in [-0.4, -0.2) is 36.9 Å². The van der Waals surface area contributed by atoms with Crippen molar-refractivity contribution >= 4 is 17.7 Å².